The minimum Gasteiger partial charge on any atom is -0.492 e. The molecule has 2 saturated heterocycles. The molecule has 0 aromatic heterocycles. The third-order valence-corrected chi connectivity index (χ3v) is 7.98. The van der Waals surface area contributed by atoms with E-state index in [1.807, 2.05) is 43.3 Å². The molecule has 0 spiro atoms. The molecule has 0 aliphatic carbocycles. The summed E-state index contributed by atoms with van der Waals surface area (Å²) < 4.78 is 6.10. The molecule has 39 heavy (non-hydrogen) atoms. The minimum absolute atomic E-state index is 0. The lowest BCUT2D eigenvalue weighted by Gasteiger charge is -2.35. The van der Waals surface area contributed by atoms with Crippen LogP contribution >= 0.6 is 35.6 Å². The number of likely N-dealkylation sites (N-methyl/N-ethyl adjacent to an activating group) is 1. The molecule has 2 heterocycles. The summed E-state index contributed by atoms with van der Waals surface area (Å²) in [6.45, 7) is 4.17. The number of likely N-dealkylation sites (tertiary alicyclic amines) is 2. The third kappa shape index (κ3) is 8.65. The second-order valence-corrected chi connectivity index (χ2v) is 11.3. The molecule has 2 fully saturated rings. The van der Waals surface area contributed by atoms with E-state index < -0.39 is 6.04 Å². The van der Waals surface area contributed by atoms with Crippen LogP contribution in [0.5, 0.6) is 5.75 Å². The van der Waals surface area contributed by atoms with Crippen LogP contribution in [0.1, 0.15) is 42.7 Å². The van der Waals surface area contributed by atoms with Gasteiger partial charge in [0.1, 0.15) is 18.4 Å². The van der Waals surface area contributed by atoms with Crippen molar-refractivity contribution < 1.29 is 14.3 Å². The number of halogens is 3. The summed E-state index contributed by atoms with van der Waals surface area (Å²) in [4.78, 5) is 32.4. The van der Waals surface area contributed by atoms with Crippen LogP contribution in [-0.4, -0.2) is 86.1 Å². The summed E-state index contributed by atoms with van der Waals surface area (Å²) in [6.07, 6.45) is 3.98. The lowest BCUT2D eigenvalue weighted by Crippen LogP contribution is -2.54. The van der Waals surface area contributed by atoms with E-state index in [0.717, 1.165) is 56.6 Å². The number of hydrogen-bond donors (Lipinski definition) is 1. The molecular formula is C29H39Cl3N4O3. The van der Waals surface area contributed by atoms with Gasteiger partial charge in [-0.15, -0.1) is 12.4 Å². The molecule has 7 nitrogen and oxygen atoms in total. The van der Waals surface area contributed by atoms with Crippen LogP contribution in [0.3, 0.4) is 0 Å². The fraction of sp³-hybridized carbons (Fsp3) is 0.517. The highest BCUT2D eigenvalue weighted by atomic mass is 35.5. The maximum Gasteiger partial charge on any atom is 0.318 e. The maximum atomic E-state index is 13.7. The highest BCUT2D eigenvalue weighted by Gasteiger charge is 2.32. The van der Waals surface area contributed by atoms with Crippen LogP contribution in [0.4, 0.5) is 4.79 Å². The number of piperidine rings is 1. The normalized spacial score (nSPS) is 16.6. The SMILES string of the molecule is CN(C)CCOc1ccccc1C1CCN(C(=O)[C@@H](Cc2ccc(Cl)cc2Cl)NC(=O)N2CCCC2)CC1.Cl. The van der Waals surface area contributed by atoms with Gasteiger partial charge in [-0.2, -0.15) is 0 Å². The Morgan fingerprint density at radius 3 is 2.38 bits per heavy atom. The Labute approximate surface area is 248 Å². The number of urea groups is 1. The Kier molecular flexibility index (Phi) is 12.0. The average molecular weight is 598 g/mol. The van der Waals surface area contributed by atoms with Crippen molar-refractivity contribution >= 4 is 47.5 Å². The minimum atomic E-state index is -0.694. The van der Waals surface area contributed by atoms with Crippen LogP contribution in [0.15, 0.2) is 42.5 Å². The first-order valence-corrected chi connectivity index (χ1v) is 14.2. The van der Waals surface area contributed by atoms with Crippen LogP contribution in [0.2, 0.25) is 10.0 Å². The zero-order valence-corrected chi connectivity index (χ0v) is 25.0. The topological polar surface area (TPSA) is 65.1 Å². The number of para-hydroxylation sites is 1. The van der Waals surface area contributed by atoms with E-state index in [0.29, 0.717) is 42.1 Å². The maximum absolute atomic E-state index is 13.7. The van der Waals surface area contributed by atoms with Gasteiger partial charge in [0, 0.05) is 49.2 Å². The number of benzene rings is 2. The molecule has 10 heteroatoms. The molecule has 0 unspecified atom stereocenters. The average Bonchev–Trinajstić information content (AvgIpc) is 3.45. The smallest absolute Gasteiger partial charge is 0.318 e. The van der Waals surface area contributed by atoms with Crippen molar-refractivity contribution in [2.24, 2.45) is 0 Å². The van der Waals surface area contributed by atoms with Gasteiger partial charge in [-0.1, -0.05) is 47.5 Å². The van der Waals surface area contributed by atoms with Gasteiger partial charge < -0.3 is 24.8 Å². The fourth-order valence-electron chi connectivity index (χ4n) is 5.19. The molecule has 4 rings (SSSR count). The second kappa shape index (κ2) is 15.0. The Morgan fingerprint density at radius 2 is 1.72 bits per heavy atom. The van der Waals surface area contributed by atoms with Gasteiger partial charge in [0.05, 0.1) is 0 Å². The Bertz CT molecular complexity index is 1100. The van der Waals surface area contributed by atoms with Crippen molar-refractivity contribution in [3.63, 3.8) is 0 Å². The van der Waals surface area contributed by atoms with E-state index in [1.54, 1.807) is 17.0 Å². The monoisotopic (exact) mass is 596 g/mol. The van der Waals surface area contributed by atoms with Gasteiger partial charge in [-0.25, -0.2) is 4.79 Å². The van der Waals surface area contributed by atoms with Crippen molar-refractivity contribution in [3.8, 4) is 5.75 Å². The molecule has 0 radical (unpaired) electrons. The zero-order chi connectivity index (χ0) is 27.1. The molecule has 2 aliphatic rings. The first-order valence-electron chi connectivity index (χ1n) is 13.5. The quantitative estimate of drug-likeness (QED) is 0.416. The summed E-state index contributed by atoms with van der Waals surface area (Å²) in [5.74, 6) is 1.17. The summed E-state index contributed by atoms with van der Waals surface area (Å²) >= 11 is 12.5. The number of nitrogens with zero attached hydrogens (tertiary/aromatic N) is 3. The molecule has 2 aliphatic heterocycles. The fourth-order valence-corrected chi connectivity index (χ4v) is 5.67. The van der Waals surface area contributed by atoms with Crippen LogP contribution in [-0.2, 0) is 11.2 Å². The summed E-state index contributed by atoms with van der Waals surface area (Å²) in [5.41, 5.74) is 1.99. The van der Waals surface area contributed by atoms with E-state index in [4.69, 9.17) is 27.9 Å². The number of rotatable bonds is 9. The zero-order valence-electron chi connectivity index (χ0n) is 22.7. The van der Waals surface area contributed by atoms with Crippen LogP contribution in [0.25, 0.3) is 0 Å². The van der Waals surface area contributed by atoms with Crippen molar-refractivity contribution in [1.82, 2.24) is 20.0 Å². The molecule has 2 aromatic carbocycles. The first kappa shape index (κ1) is 31.3. The van der Waals surface area contributed by atoms with Gasteiger partial charge in [0.25, 0.3) is 0 Å². The number of carbonyl (C=O) groups excluding carboxylic acids is 2. The predicted octanol–water partition coefficient (Wildman–Crippen LogP) is 5.48. The Hall–Kier alpha value is -2.19. The standard InChI is InChI=1S/C29H38Cl2N4O3.ClH/c1-33(2)17-18-38-27-8-4-3-7-24(27)21-11-15-34(16-12-21)28(36)26(32-29(37)35-13-5-6-14-35)19-22-9-10-23(30)20-25(22)31;/h3-4,7-10,20-21,26H,5-6,11-19H2,1-2H3,(H,32,37);1H/t26-;/m1./s1. The van der Waals surface area contributed by atoms with Crippen molar-refractivity contribution in [3.05, 3.63) is 63.6 Å². The summed E-state index contributed by atoms with van der Waals surface area (Å²) in [7, 11) is 4.06. The van der Waals surface area contributed by atoms with Gasteiger partial charge >= 0.3 is 6.03 Å². The molecule has 1 N–H and O–H groups in total. The van der Waals surface area contributed by atoms with Gasteiger partial charge in [-0.3, -0.25) is 4.79 Å². The van der Waals surface area contributed by atoms with Crippen molar-refractivity contribution in [2.45, 2.75) is 44.1 Å². The van der Waals surface area contributed by atoms with Crippen LogP contribution < -0.4 is 10.1 Å². The summed E-state index contributed by atoms with van der Waals surface area (Å²) in [5, 5.41) is 4.04. The van der Waals surface area contributed by atoms with E-state index in [1.165, 1.54) is 5.56 Å². The van der Waals surface area contributed by atoms with Crippen molar-refractivity contribution in [1.29, 1.82) is 0 Å². The van der Waals surface area contributed by atoms with E-state index in [2.05, 4.69) is 16.3 Å². The molecule has 2 aromatic rings. The number of carbonyl (C=O) groups is 2. The predicted molar refractivity (Wildman–Crippen MR) is 160 cm³/mol. The lowest BCUT2D eigenvalue weighted by atomic mass is 9.88. The largest absolute Gasteiger partial charge is 0.492 e. The molecule has 0 bridgehead atoms. The lowest BCUT2D eigenvalue weighted by molar-refractivity contribution is -0.134. The highest BCUT2D eigenvalue weighted by molar-refractivity contribution is 6.35. The molecule has 0 saturated carbocycles. The summed E-state index contributed by atoms with van der Waals surface area (Å²) in [6, 6.07) is 12.6. The first-order chi connectivity index (χ1) is 18.3. The number of hydrogen-bond acceptors (Lipinski definition) is 4. The highest BCUT2D eigenvalue weighted by Crippen LogP contribution is 2.34. The Balaban J connectivity index is 0.00000420. The van der Waals surface area contributed by atoms with E-state index >= 15 is 0 Å². The molecule has 3 amide bonds. The second-order valence-electron chi connectivity index (χ2n) is 10.4. The number of nitrogens with one attached hydrogen (secondary N) is 1. The third-order valence-electron chi connectivity index (χ3n) is 7.39. The van der Waals surface area contributed by atoms with Gasteiger partial charge in [0.15, 0.2) is 0 Å². The van der Waals surface area contributed by atoms with Crippen molar-refractivity contribution in [2.75, 3.05) is 53.4 Å². The van der Waals surface area contributed by atoms with Gasteiger partial charge in [-0.05, 0) is 75.0 Å². The molecule has 1 atom stereocenters. The molecule has 214 valence electrons. The number of amides is 3. The van der Waals surface area contributed by atoms with Crippen LogP contribution in [0, 0.1) is 0 Å². The van der Waals surface area contributed by atoms with E-state index in [-0.39, 0.29) is 24.3 Å². The Morgan fingerprint density at radius 1 is 1.03 bits per heavy atom. The van der Waals surface area contributed by atoms with Gasteiger partial charge in [0.2, 0.25) is 5.91 Å². The van der Waals surface area contributed by atoms with E-state index in [9.17, 15) is 9.59 Å². The molecular weight excluding hydrogens is 559 g/mol. The number of ether oxygens (including phenoxy) is 1.